The lowest BCUT2D eigenvalue weighted by molar-refractivity contribution is 0.0317. The molecule has 0 amide bonds. The molecule has 0 radical (unpaired) electrons. The smallest absolute Gasteiger partial charge is 0.0809 e. The summed E-state index contributed by atoms with van der Waals surface area (Å²) in [5.41, 5.74) is 2.68. The number of hydrogen-bond donors (Lipinski definition) is 1. The zero-order valence-corrected chi connectivity index (χ0v) is 10.0. The van der Waals surface area contributed by atoms with Crippen LogP contribution in [-0.4, -0.2) is 63.2 Å². The Hall–Kier alpha value is -0.160. The highest BCUT2D eigenvalue weighted by atomic mass is 16.6. The van der Waals surface area contributed by atoms with Crippen LogP contribution in [0, 0.1) is 0 Å². The molecule has 1 aliphatic rings. The molecule has 0 bridgehead atoms. The molecule has 0 saturated carbocycles. The zero-order chi connectivity index (χ0) is 10.8. The van der Waals surface area contributed by atoms with E-state index in [4.69, 9.17) is 4.84 Å². The summed E-state index contributed by atoms with van der Waals surface area (Å²) in [6.45, 7) is 10.5. The summed E-state index contributed by atoms with van der Waals surface area (Å²) < 4.78 is 0. The van der Waals surface area contributed by atoms with Gasteiger partial charge in [-0.15, -0.1) is 0 Å². The van der Waals surface area contributed by atoms with Gasteiger partial charge in [-0.25, -0.2) is 5.48 Å². The van der Waals surface area contributed by atoms with Gasteiger partial charge in [0.1, 0.15) is 0 Å². The Morgan fingerprint density at radius 1 is 1.14 bits per heavy atom. The molecule has 0 unspecified atom stereocenters. The van der Waals surface area contributed by atoms with E-state index in [0.717, 1.165) is 13.2 Å². The lowest BCUT2D eigenvalue weighted by atomic mass is 10.3. The summed E-state index contributed by atoms with van der Waals surface area (Å²) in [4.78, 5) is 9.84. The molecule has 1 N–H and O–H groups in total. The number of hydroxylamine groups is 1. The third kappa shape index (κ3) is 6.32. The molecule has 1 fully saturated rings. The van der Waals surface area contributed by atoms with E-state index in [2.05, 4.69) is 22.3 Å². The lowest BCUT2D eigenvalue weighted by Crippen LogP contribution is -2.45. The third-order valence-corrected chi connectivity index (χ3v) is 2.25. The number of likely N-dealkylation sites (N-methyl/N-ethyl adjacent to an activating group) is 1. The quantitative estimate of drug-likeness (QED) is 0.529. The second-order valence-electron chi connectivity index (χ2n) is 3.20. The summed E-state index contributed by atoms with van der Waals surface area (Å²) in [7, 11) is 3.96. The monoisotopic (exact) mass is 203 g/mol. The second-order valence-corrected chi connectivity index (χ2v) is 3.20. The highest BCUT2D eigenvalue weighted by Crippen LogP contribution is 1.97. The molecule has 14 heavy (non-hydrogen) atoms. The maximum atomic E-state index is 5.06. The fourth-order valence-corrected chi connectivity index (χ4v) is 1.35. The van der Waals surface area contributed by atoms with Crippen LogP contribution in [0.3, 0.4) is 0 Å². The van der Waals surface area contributed by atoms with E-state index in [1.54, 1.807) is 7.05 Å². The van der Waals surface area contributed by atoms with E-state index in [9.17, 15) is 0 Å². The summed E-state index contributed by atoms with van der Waals surface area (Å²) in [6.07, 6.45) is 0. The fraction of sp³-hybridized carbons (Fsp3) is 1.00. The number of nitrogens with one attached hydrogen (secondary N) is 1. The van der Waals surface area contributed by atoms with Crippen molar-refractivity contribution in [3.05, 3.63) is 0 Å². The topological polar surface area (TPSA) is 27.7 Å². The largest absolute Gasteiger partial charge is 0.304 e. The maximum absolute atomic E-state index is 5.06. The molecular weight excluding hydrogens is 178 g/mol. The van der Waals surface area contributed by atoms with E-state index in [0.29, 0.717) is 0 Å². The number of nitrogens with zero attached hydrogens (tertiary/aromatic N) is 2. The Morgan fingerprint density at radius 3 is 2.21 bits per heavy atom. The average Bonchev–Trinajstić information content (AvgIpc) is 2.24. The van der Waals surface area contributed by atoms with Crippen LogP contribution in [-0.2, 0) is 4.84 Å². The first-order valence-electron chi connectivity index (χ1n) is 5.52. The number of piperazine rings is 1. The van der Waals surface area contributed by atoms with E-state index in [1.165, 1.54) is 26.2 Å². The van der Waals surface area contributed by atoms with Gasteiger partial charge in [-0.05, 0) is 7.05 Å². The van der Waals surface area contributed by atoms with E-state index in [-0.39, 0.29) is 0 Å². The van der Waals surface area contributed by atoms with Crippen molar-refractivity contribution >= 4 is 0 Å². The molecule has 0 aromatic carbocycles. The van der Waals surface area contributed by atoms with Gasteiger partial charge in [0.15, 0.2) is 0 Å². The van der Waals surface area contributed by atoms with Crippen LogP contribution in [0.2, 0.25) is 0 Å². The van der Waals surface area contributed by atoms with Crippen molar-refractivity contribution in [1.82, 2.24) is 15.3 Å². The van der Waals surface area contributed by atoms with Gasteiger partial charge < -0.3 is 9.74 Å². The van der Waals surface area contributed by atoms with Crippen molar-refractivity contribution in [2.75, 3.05) is 53.4 Å². The van der Waals surface area contributed by atoms with Crippen LogP contribution in [0.5, 0.6) is 0 Å². The minimum absolute atomic E-state index is 0.778. The molecule has 1 rings (SSSR count). The normalized spacial score (nSPS) is 18.9. The first-order chi connectivity index (χ1) is 6.83. The van der Waals surface area contributed by atoms with Gasteiger partial charge in [0.05, 0.1) is 6.61 Å². The first kappa shape index (κ1) is 13.8. The lowest BCUT2D eigenvalue weighted by Gasteiger charge is -2.31. The van der Waals surface area contributed by atoms with Gasteiger partial charge in [0, 0.05) is 39.8 Å². The molecule has 0 spiro atoms. The summed E-state index contributed by atoms with van der Waals surface area (Å²) in [5, 5.41) is 0. The highest BCUT2D eigenvalue weighted by Gasteiger charge is 2.12. The fourth-order valence-electron chi connectivity index (χ4n) is 1.35. The SMILES string of the molecule is CC.CNOCCN1CCN(C)CC1. The van der Waals surface area contributed by atoms with Crippen LogP contribution in [0.1, 0.15) is 13.8 Å². The van der Waals surface area contributed by atoms with Crippen LogP contribution in [0.25, 0.3) is 0 Å². The molecular formula is C10H25N3O. The number of hydrogen-bond acceptors (Lipinski definition) is 4. The molecule has 1 saturated heterocycles. The highest BCUT2D eigenvalue weighted by molar-refractivity contribution is 4.68. The summed E-state index contributed by atoms with van der Waals surface area (Å²) in [5.74, 6) is 0. The predicted molar refractivity (Wildman–Crippen MR) is 60.3 cm³/mol. The van der Waals surface area contributed by atoms with Crippen molar-refractivity contribution in [3.63, 3.8) is 0 Å². The third-order valence-electron chi connectivity index (χ3n) is 2.25. The molecule has 86 valence electrons. The van der Waals surface area contributed by atoms with Gasteiger partial charge >= 0.3 is 0 Å². The molecule has 0 atom stereocenters. The van der Waals surface area contributed by atoms with Crippen molar-refractivity contribution in [2.45, 2.75) is 13.8 Å². The first-order valence-corrected chi connectivity index (χ1v) is 5.52. The number of rotatable bonds is 4. The molecule has 1 heterocycles. The average molecular weight is 203 g/mol. The Kier molecular flexibility index (Phi) is 9.29. The van der Waals surface area contributed by atoms with Gasteiger partial charge in [-0.2, -0.15) is 0 Å². The van der Waals surface area contributed by atoms with E-state index < -0.39 is 0 Å². The second kappa shape index (κ2) is 9.40. The van der Waals surface area contributed by atoms with Crippen molar-refractivity contribution in [2.24, 2.45) is 0 Å². The van der Waals surface area contributed by atoms with Gasteiger partial charge in [-0.3, -0.25) is 4.90 Å². The van der Waals surface area contributed by atoms with Crippen molar-refractivity contribution in [1.29, 1.82) is 0 Å². The van der Waals surface area contributed by atoms with Crippen LogP contribution < -0.4 is 5.48 Å². The summed E-state index contributed by atoms with van der Waals surface area (Å²) in [6, 6.07) is 0. The molecule has 0 aliphatic carbocycles. The van der Waals surface area contributed by atoms with Crippen LogP contribution >= 0.6 is 0 Å². The molecule has 0 aromatic heterocycles. The van der Waals surface area contributed by atoms with Gasteiger partial charge in [0.2, 0.25) is 0 Å². The van der Waals surface area contributed by atoms with Crippen LogP contribution in [0.4, 0.5) is 0 Å². The van der Waals surface area contributed by atoms with Crippen molar-refractivity contribution in [3.8, 4) is 0 Å². The zero-order valence-electron chi connectivity index (χ0n) is 10.0. The molecule has 1 aliphatic heterocycles. The minimum Gasteiger partial charge on any atom is -0.304 e. The maximum Gasteiger partial charge on any atom is 0.0809 e. The van der Waals surface area contributed by atoms with E-state index in [1.807, 2.05) is 13.8 Å². The summed E-state index contributed by atoms with van der Waals surface area (Å²) >= 11 is 0. The van der Waals surface area contributed by atoms with Gasteiger partial charge in [-0.1, -0.05) is 13.8 Å². The van der Waals surface area contributed by atoms with E-state index >= 15 is 0 Å². The molecule has 0 aromatic rings. The van der Waals surface area contributed by atoms with Gasteiger partial charge in [0.25, 0.3) is 0 Å². The Morgan fingerprint density at radius 2 is 1.71 bits per heavy atom. The van der Waals surface area contributed by atoms with Crippen molar-refractivity contribution < 1.29 is 4.84 Å². The Balaban J connectivity index is 0.000000791. The Bertz CT molecular complexity index is 114. The minimum atomic E-state index is 0.778. The van der Waals surface area contributed by atoms with Crippen LogP contribution in [0.15, 0.2) is 0 Å². The Labute approximate surface area is 88.2 Å². The molecule has 4 nitrogen and oxygen atoms in total. The predicted octanol–water partition coefficient (Wildman–Crippen LogP) is 0.411. The standard InChI is InChI=1S/C8H19N3O.C2H6/c1-9-12-8-7-11-5-3-10(2)4-6-11;1-2/h9H,3-8H2,1-2H3;1-2H3. The molecule has 4 heteroatoms.